The summed E-state index contributed by atoms with van der Waals surface area (Å²) in [5.74, 6) is 0.370. The Morgan fingerprint density at radius 1 is 1.22 bits per heavy atom. The molecule has 0 saturated carbocycles. The molecule has 1 aliphatic heterocycles. The molecule has 3 aromatic rings. The van der Waals surface area contributed by atoms with Crippen molar-refractivity contribution < 1.29 is 14.6 Å². The van der Waals surface area contributed by atoms with Gasteiger partial charge in [-0.3, -0.25) is 4.90 Å². The highest BCUT2D eigenvalue weighted by atomic mass is 32.1. The van der Waals surface area contributed by atoms with Crippen LogP contribution in [-0.2, 0) is 6.54 Å². The minimum absolute atomic E-state index is 0.440. The highest BCUT2D eigenvalue weighted by Gasteiger charge is 2.23. The van der Waals surface area contributed by atoms with E-state index in [1.807, 2.05) is 24.3 Å². The lowest BCUT2D eigenvalue weighted by molar-refractivity contribution is 0.0700. The quantitative estimate of drug-likeness (QED) is 0.724. The summed E-state index contributed by atoms with van der Waals surface area (Å²) in [5, 5.41) is 10.6. The van der Waals surface area contributed by atoms with Crippen molar-refractivity contribution in [2.75, 3.05) is 38.2 Å². The summed E-state index contributed by atoms with van der Waals surface area (Å²) in [5.41, 5.74) is 0.911. The number of rotatable bonds is 5. The van der Waals surface area contributed by atoms with Crippen LogP contribution in [0.15, 0.2) is 36.5 Å². The van der Waals surface area contributed by atoms with Crippen LogP contribution in [-0.4, -0.2) is 59.2 Å². The molecule has 0 atom stereocenters. The summed E-state index contributed by atoms with van der Waals surface area (Å²) < 4.78 is 6.19. The molecule has 1 N–H and O–H groups in total. The van der Waals surface area contributed by atoms with E-state index in [-0.39, 0.29) is 0 Å². The number of thiophene rings is 1. The number of carboxylic acid groups (broad SMARTS) is 1. The minimum Gasteiger partial charge on any atom is -0.481 e. The Bertz CT molecular complexity index is 966. The van der Waals surface area contributed by atoms with Crippen LogP contribution in [0.2, 0.25) is 0 Å². The first-order valence-corrected chi connectivity index (χ1v) is 9.55. The Morgan fingerprint density at radius 3 is 2.74 bits per heavy atom. The van der Waals surface area contributed by atoms with Gasteiger partial charge >= 0.3 is 5.97 Å². The third-order valence-corrected chi connectivity index (χ3v) is 5.96. The first kappa shape index (κ1) is 17.7. The van der Waals surface area contributed by atoms with Crippen molar-refractivity contribution in [1.82, 2.24) is 14.9 Å². The second-order valence-electron chi connectivity index (χ2n) is 6.37. The van der Waals surface area contributed by atoms with Crippen LogP contribution in [0.5, 0.6) is 5.88 Å². The second kappa shape index (κ2) is 7.50. The lowest BCUT2D eigenvalue weighted by atomic mass is 10.1. The molecule has 1 aromatic carbocycles. The molecule has 140 valence electrons. The van der Waals surface area contributed by atoms with Crippen LogP contribution in [0, 0.1) is 0 Å². The largest absolute Gasteiger partial charge is 0.481 e. The maximum Gasteiger partial charge on any atom is 0.346 e. The predicted molar refractivity (Wildman–Crippen MR) is 105 cm³/mol. The van der Waals surface area contributed by atoms with Gasteiger partial charge in [-0.05, 0) is 17.0 Å². The van der Waals surface area contributed by atoms with E-state index in [1.54, 1.807) is 19.4 Å². The Kier molecular flexibility index (Phi) is 4.91. The van der Waals surface area contributed by atoms with E-state index in [2.05, 4.69) is 19.8 Å². The van der Waals surface area contributed by atoms with Gasteiger partial charge in [-0.25, -0.2) is 9.78 Å². The molecule has 4 rings (SSSR count). The van der Waals surface area contributed by atoms with Gasteiger partial charge in [0.05, 0.1) is 7.11 Å². The van der Waals surface area contributed by atoms with Gasteiger partial charge in [0.25, 0.3) is 0 Å². The van der Waals surface area contributed by atoms with E-state index in [1.165, 1.54) is 11.3 Å². The lowest BCUT2D eigenvalue weighted by Gasteiger charge is -2.34. The molecular formula is C19H20N4O3S. The van der Waals surface area contributed by atoms with Crippen LogP contribution in [0.1, 0.15) is 15.2 Å². The summed E-state index contributed by atoms with van der Waals surface area (Å²) in [7, 11) is 1.59. The van der Waals surface area contributed by atoms with E-state index in [4.69, 9.17) is 4.74 Å². The zero-order chi connectivity index (χ0) is 18.8. The van der Waals surface area contributed by atoms with E-state index in [0.29, 0.717) is 23.3 Å². The molecule has 1 saturated heterocycles. The maximum absolute atomic E-state index is 11.7. The van der Waals surface area contributed by atoms with Gasteiger partial charge in [0, 0.05) is 49.7 Å². The molecule has 0 unspecified atom stereocenters. The third kappa shape index (κ3) is 3.58. The number of carbonyl (C=O) groups is 1. The molecule has 8 heteroatoms. The number of nitrogens with zero attached hydrogens (tertiary/aromatic N) is 4. The van der Waals surface area contributed by atoms with Crippen LogP contribution in [0.3, 0.4) is 0 Å². The normalized spacial score (nSPS) is 15.2. The van der Waals surface area contributed by atoms with Crippen molar-refractivity contribution >= 4 is 33.3 Å². The molecule has 0 spiro atoms. The van der Waals surface area contributed by atoms with Gasteiger partial charge in [-0.2, -0.15) is 4.98 Å². The predicted octanol–water partition coefficient (Wildman–Crippen LogP) is 2.72. The third-order valence-electron chi connectivity index (χ3n) is 4.76. The van der Waals surface area contributed by atoms with Gasteiger partial charge in [0.15, 0.2) is 0 Å². The van der Waals surface area contributed by atoms with Gasteiger partial charge in [-0.15, -0.1) is 11.3 Å². The van der Waals surface area contributed by atoms with Crippen molar-refractivity contribution in [2.45, 2.75) is 6.54 Å². The second-order valence-corrected chi connectivity index (χ2v) is 7.43. The molecule has 0 bridgehead atoms. The first-order chi connectivity index (χ1) is 13.2. The number of piperazine rings is 1. The number of fused-ring (bicyclic) bond motifs is 1. The fraction of sp³-hybridized carbons (Fsp3) is 0.316. The van der Waals surface area contributed by atoms with Crippen molar-refractivity contribution in [3.63, 3.8) is 0 Å². The molecule has 1 fully saturated rings. The lowest BCUT2D eigenvalue weighted by Crippen LogP contribution is -2.46. The van der Waals surface area contributed by atoms with Crippen LogP contribution < -0.4 is 9.64 Å². The monoisotopic (exact) mass is 384 g/mol. The molecule has 3 heterocycles. The molecule has 0 radical (unpaired) electrons. The van der Waals surface area contributed by atoms with Gasteiger partial charge in [0.2, 0.25) is 11.8 Å². The van der Waals surface area contributed by atoms with Gasteiger partial charge in [-0.1, -0.05) is 18.2 Å². The number of hydrogen-bond donors (Lipinski definition) is 1. The summed E-state index contributed by atoms with van der Waals surface area (Å²) in [6.07, 6.45) is 1.70. The average Bonchev–Trinajstić information content (AvgIpc) is 3.07. The van der Waals surface area contributed by atoms with E-state index >= 15 is 0 Å². The standard InChI is InChI=1S/C19H20N4O3S/c1-26-16-6-7-20-19(21-16)23-10-8-22(9-11-23)12-14-13-4-2-3-5-15(13)27-17(14)18(24)25/h2-7H,8-12H2,1H3,(H,24,25). The van der Waals surface area contributed by atoms with Gasteiger partial charge in [0.1, 0.15) is 4.88 Å². The van der Waals surface area contributed by atoms with E-state index in [0.717, 1.165) is 41.8 Å². The number of benzene rings is 1. The van der Waals surface area contributed by atoms with Crippen LogP contribution in [0.25, 0.3) is 10.1 Å². The van der Waals surface area contributed by atoms with E-state index in [9.17, 15) is 9.90 Å². The molecule has 0 amide bonds. The highest BCUT2D eigenvalue weighted by Crippen LogP contribution is 2.32. The van der Waals surface area contributed by atoms with E-state index < -0.39 is 5.97 Å². The Labute approximate surface area is 160 Å². The smallest absolute Gasteiger partial charge is 0.346 e. The summed E-state index contributed by atoms with van der Waals surface area (Å²) >= 11 is 1.35. The Balaban J connectivity index is 1.49. The maximum atomic E-state index is 11.7. The van der Waals surface area contributed by atoms with Crippen LogP contribution in [0.4, 0.5) is 5.95 Å². The topological polar surface area (TPSA) is 78.8 Å². The van der Waals surface area contributed by atoms with Crippen molar-refractivity contribution in [1.29, 1.82) is 0 Å². The van der Waals surface area contributed by atoms with Crippen molar-refractivity contribution in [2.24, 2.45) is 0 Å². The Morgan fingerprint density at radius 2 is 2.00 bits per heavy atom. The van der Waals surface area contributed by atoms with Gasteiger partial charge < -0.3 is 14.7 Å². The molecule has 2 aromatic heterocycles. The molecule has 7 nitrogen and oxygen atoms in total. The number of carboxylic acids is 1. The zero-order valence-electron chi connectivity index (χ0n) is 15.0. The number of aromatic carboxylic acids is 1. The van der Waals surface area contributed by atoms with Crippen LogP contribution >= 0.6 is 11.3 Å². The number of hydrogen-bond acceptors (Lipinski definition) is 7. The fourth-order valence-electron chi connectivity index (χ4n) is 3.36. The molecule has 0 aliphatic carbocycles. The summed E-state index contributed by atoms with van der Waals surface area (Å²) in [6, 6.07) is 9.63. The molecular weight excluding hydrogens is 364 g/mol. The summed E-state index contributed by atoms with van der Waals surface area (Å²) in [4.78, 5) is 25.3. The SMILES string of the molecule is COc1ccnc(N2CCN(Cc3c(C(=O)O)sc4ccccc34)CC2)n1. The highest BCUT2D eigenvalue weighted by molar-refractivity contribution is 7.21. The Hall–Kier alpha value is -2.71. The first-order valence-electron chi connectivity index (χ1n) is 8.74. The number of ether oxygens (including phenoxy) is 1. The number of anilines is 1. The number of methoxy groups -OCH3 is 1. The number of aromatic nitrogens is 2. The zero-order valence-corrected chi connectivity index (χ0v) is 15.8. The van der Waals surface area contributed by atoms with Crippen molar-refractivity contribution in [3.8, 4) is 5.88 Å². The molecule has 1 aliphatic rings. The van der Waals surface area contributed by atoms with Crippen molar-refractivity contribution in [3.05, 3.63) is 47.0 Å². The molecule has 27 heavy (non-hydrogen) atoms. The fourth-order valence-corrected chi connectivity index (χ4v) is 4.41. The summed E-state index contributed by atoms with van der Waals surface area (Å²) in [6.45, 7) is 3.86. The minimum atomic E-state index is -0.852. The average molecular weight is 384 g/mol.